The van der Waals surface area contributed by atoms with Gasteiger partial charge in [0.2, 0.25) is 6.08 Å². The lowest BCUT2D eigenvalue weighted by Gasteiger charge is -2.10. The highest BCUT2D eigenvalue weighted by Gasteiger charge is 2.46. The summed E-state index contributed by atoms with van der Waals surface area (Å²) in [7, 11) is 0. The highest BCUT2D eigenvalue weighted by molar-refractivity contribution is 5.88. The van der Waals surface area contributed by atoms with E-state index in [1.165, 1.54) is 0 Å². The minimum atomic E-state index is -0.523. The number of fused-ring (bicyclic) bond motifs is 1. The molecule has 3 rings (SSSR count). The van der Waals surface area contributed by atoms with E-state index in [0.717, 1.165) is 35.0 Å². The van der Waals surface area contributed by atoms with Crippen molar-refractivity contribution in [2.45, 2.75) is 25.3 Å². The molecule has 0 saturated heterocycles. The van der Waals surface area contributed by atoms with Crippen LogP contribution >= 0.6 is 0 Å². The first-order valence-electron chi connectivity index (χ1n) is 5.57. The van der Waals surface area contributed by atoms with Crippen molar-refractivity contribution in [3.63, 3.8) is 0 Å². The lowest BCUT2D eigenvalue weighted by atomic mass is 10.0. The molecule has 1 aromatic heterocycles. The van der Waals surface area contributed by atoms with Crippen LogP contribution < -0.4 is 0 Å². The van der Waals surface area contributed by atoms with Crippen LogP contribution in [0.25, 0.3) is 10.9 Å². The molecular formula is C13H12N2O2. The second-order valence-electron chi connectivity index (χ2n) is 4.61. The number of hydrogen-bond donors (Lipinski definition) is 2. The van der Waals surface area contributed by atoms with Crippen LogP contribution in [0.2, 0.25) is 0 Å². The Labute approximate surface area is 98.0 Å². The van der Waals surface area contributed by atoms with E-state index in [0.29, 0.717) is 0 Å². The molecule has 17 heavy (non-hydrogen) atoms. The van der Waals surface area contributed by atoms with Crippen molar-refractivity contribution in [3.05, 3.63) is 29.5 Å². The summed E-state index contributed by atoms with van der Waals surface area (Å²) in [5, 5.41) is 11.0. The summed E-state index contributed by atoms with van der Waals surface area (Å²) in [6.45, 7) is 1.94. The van der Waals surface area contributed by atoms with Gasteiger partial charge in [0.1, 0.15) is 11.3 Å². The number of rotatable bonds is 2. The molecule has 0 amide bonds. The van der Waals surface area contributed by atoms with E-state index < -0.39 is 5.54 Å². The van der Waals surface area contributed by atoms with Gasteiger partial charge in [-0.05, 0) is 31.9 Å². The number of aryl methyl sites for hydroxylation is 1. The SMILES string of the molecule is Cc1cc2c(O)c(C3(N=C=O)CC3)ccc2[nH]1. The summed E-state index contributed by atoms with van der Waals surface area (Å²) in [6.07, 6.45) is 3.20. The number of phenols is 1. The molecule has 1 heterocycles. The standard InChI is InChI=1S/C13H12N2O2/c1-8-6-9-11(15-8)3-2-10(12(9)17)13(4-5-13)14-7-16/h2-3,6,15,17H,4-5H2,1H3. The highest BCUT2D eigenvalue weighted by Crippen LogP contribution is 2.53. The molecule has 0 atom stereocenters. The third kappa shape index (κ3) is 1.38. The Hall–Kier alpha value is -2.06. The minimum Gasteiger partial charge on any atom is -0.507 e. The molecule has 0 unspecified atom stereocenters. The van der Waals surface area contributed by atoms with Crippen molar-refractivity contribution in [1.82, 2.24) is 4.98 Å². The predicted octanol–water partition coefficient (Wildman–Crippen LogP) is 2.51. The Balaban J connectivity index is 2.24. The average Bonchev–Trinajstić information content (AvgIpc) is 2.94. The van der Waals surface area contributed by atoms with Gasteiger partial charge in [0.25, 0.3) is 0 Å². The van der Waals surface area contributed by atoms with Crippen LogP contribution in [-0.2, 0) is 10.3 Å². The number of aliphatic imine (C=N–C) groups is 1. The molecule has 2 N–H and O–H groups in total. The zero-order chi connectivity index (χ0) is 12.0. The molecule has 86 valence electrons. The molecule has 0 radical (unpaired) electrons. The summed E-state index contributed by atoms with van der Waals surface area (Å²) in [4.78, 5) is 17.4. The number of nitrogens with zero attached hydrogens (tertiary/aromatic N) is 1. The monoisotopic (exact) mass is 228 g/mol. The van der Waals surface area contributed by atoms with E-state index in [9.17, 15) is 9.90 Å². The maximum Gasteiger partial charge on any atom is 0.235 e. The van der Waals surface area contributed by atoms with Crippen molar-refractivity contribution in [2.75, 3.05) is 0 Å². The summed E-state index contributed by atoms with van der Waals surface area (Å²) in [5.41, 5.74) is 2.10. The van der Waals surface area contributed by atoms with E-state index in [1.54, 1.807) is 6.08 Å². The van der Waals surface area contributed by atoms with Crippen LogP contribution in [0.3, 0.4) is 0 Å². The number of aromatic hydroxyl groups is 1. The molecule has 1 aliphatic carbocycles. The highest BCUT2D eigenvalue weighted by atomic mass is 16.3. The van der Waals surface area contributed by atoms with E-state index in [1.807, 2.05) is 25.1 Å². The van der Waals surface area contributed by atoms with Gasteiger partial charge in [0.05, 0.1) is 0 Å². The first-order chi connectivity index (χ1) is 8.16. The molecule has 1 saturated carbocycles. The molecule has 1 aromatic carbocycles. The minimum absolute atomic E-state index is 0.225. The maximum atomic E-state index is 10.4. The molecule has 4 heteroatoms. The van der Waals surface area contributed by atoms with Gasteiger partial charge < -0.3 is 10.1 Å². The van der Waals surface area contributed by atoms with Gasteiger partial charge in [-0.15, -0.1) is 0 Å². The number of phenolic OH excluding ortho intramolecular Hbond substituents is 1. The van der Waals surface area contributed by atoms with Crippen LogP contribution in [0.1, 0.15) is 24.1 Å². The number of nitrogens with one attached hydrogen (secondary N) is 1. The first kappa shape index (κ1) is 10.1. The van der Waals surface area contributed by atoms with Gasteiger partial charge in [0, 0.05) is 22.2 Å². The third-order valence-corrected chi connectivity index (χ3v) is 3.39. The van der Waals surface area contributed by atoms with Gasteiger partial charge in [-0.3, -0.25) is 0 Å². The molecule has 0 spiro atoms. The van der Waals surface area contributed by atoms with Crippen LogP contribution in [0.15, 0.2) is 23.2 Å². The van der Waals surface area contributed by atoms with Crippen LogP contribution in [0.4, 0.5) is 0 Å². The molecule has 4 nitrogen and oxygen atoms in total. The quantitative estimate of drug-likeness (QED) is 0.612. The van der Waals surface area contributed by atoms with Gasteiger partial charge >= 0.3 is 0 Å². The normalized spacial score (nSPS) is 16.8. The lowest BCUT2D eigenvalue weighted by Crippen LogP contribution is -2.02. The number of hydrogen-bond acceptors (Lipinski definition) is 3. The van der Waals surface area contributed by atoms with Crippen LogP contribution in [0.5, 0.6) is 5.75 Å². The Morgan fingerprint density at radius 1 is 1.47 bits per heavy atom. The number of benzene rings is 1. The number of aromatic amines is 1. The molecular weight excluding hydrogens is 216 g/mol. The third-order valence-electron chi connectivity index (χ3n) is 3.39. The van der Waals surface area contributed by atoms with Crippen molar-refractivity contribution in [2.24, 2.45) is 4.99 Å². The van der Waals surface area contributed by atoms with Gasteiger partial charge in [0.15, 0.2) is 0 Å². The van der Waals surface area contributed by atoms with Crippen LogP contribution in [-0.4, -0.2) is 16.2 Å². The fourth-order valence-electron chi connectivity index (χ4n) is 2.35. The Morgan fingerprint density at radius 2 is 2.24 bits per heavy atom. The van der Waals surface area contributed by atoms with Crippen molar-refractivity contribution >= 4 is 17.0 Å². The zero-order valence-corrected chi connectivity index (χ0v) is 9.45. The average molecular weight is 228 g/mol. The summed E-state index contributed by atoms with van der Waals surface area (Å²) >= 11 is 0. The van der Waals surface area contributed by atoms with E-state index in [-0.39, 0.29) is 5.75 Å². The first-order valence-corrected chi connectivity index (χ1v) is 5.57. The predicted molar refractivity (Wildman–Crippen MR) is 63.7 cm³/mol. The number of isocyanates is 1. The number of carbonyl (C=O) groups excluding carboxylic acids is 1. The summed E-state index contributed by atoms with van der Waals surface area (Å²) in [5.74, 6) is 0.225. The van der Waals surface area contributed by atoms with Crippen LogP contribution in [0, 0.1) is 6.92 Å². The Morgan fingerprint density at radius 3 is 2.88 bits per heavy atom. The maximum absolute atomic E-state index is 10.4. The largest absolute Gasteiger partial charge is 0.507 e. The van der Waals surface area contributed by atoms with E-state index in [2.05, 4.69) is 9.98 Å². The zero-order valence-electron chi connectivity index (χ0n) is 9.45. The fourth-order valence-corrected chi connectivity index (χ4v) is 2.35. The van der Waals surface area contributed by atoms with E-state index in [4.69, 9.17) is 0 Å². The Bertz CT molecular complexity index is 647. The number of H-pyrrole nitrogens is 1. The van der Waals surface area contributed by atoms with Crippen molar-refractivity contribution in [3.8, 4) is 5.75 Å². The second-order valence-corrected chi connectivity index (χ2v) is 4.61. The second kappa shape index (κ2) is 3.22. The van der Waals surface area contributed by atoms with Crippen molar-refractivity contribution < 1.29 is 9.90 Å². The smallest absolute Gasteiger partial charge is 0.235 e. The van der Waals surface area contributed by atoms with E-state index >= 15 is 0 Å². The summed E-state index contributed by atoms with van der Waals surface area (Å²) in [6, 6.07) is 5.65. The van der Waals surface area contributed by atoms with Gasteiger partial charge in [-0.25, -0.2) is 4.79 Å². The molecule has 1 aliphatic rings. The molecule has 2 aromatic rings. The number of aromatic nitrogens is 1. The lowest BCUT2D eigenvalue weighted by molar-refractivity contribution is 0.466. The molecule has 0 aliphatic heterocycles. The molecule has 1 fully saturated rings. The molecule has 0 bridgehead atoms. The van der Waals surface area contributed by atoms with Gasteiger partial charge in [-0.1, -0.05) is 6.07 Å². The van der Waals surface area contributed by atoms with Crippen molar-refractivity contribution in [1.29, 1.82) is 0 Å². The topological polar surface area (TPSA) is 65.5 Å². The summed E-state index contributed by atoms with van der Waals surface area (Å²) < 4.78 is 0. The van der Waals surface area contributed by atoms with Gasteiger partial charge in [-0.2, -0.15) is 4.99 Å². The fraction of sp³-hybridized carbons (Fsp3) is 0.308. The Kier molecular flexibility index (Phi) is 1.91.